The standard InChI is InChI=1S/C19H23Cl2N3O3/c1-24(2)11-23-18-14(20)8-13(9-15(18)21)22-10-12-6-16(25-3)19(27-5)17(7-12)26-4/h6-9,11,22H,10H2,1-5H3/b23-11-. The number of halogens is 2. The molecule has 0 fully saturated rings. The maximum Gasteiger partial charge on any atom is 0.203 e. The summed E-state index contributed by atoms with van der Waals surface area (Å²) in [4.78, 5) is 6.10. The van der Waals surface area contributed by atoms with Crippen LogP contribution in [0.5, 0.6) is 17.2 Å². The van der Waals surface area contributed by atoms with Crippen molar-refractivity contribution in [1.29, 1.82) is 0 Å². The second-order valence-electron chi connectivity index (χ2n) is 5.88. The highest BCUT2D eigenvalue weighted by Crippen LogP contribution is 2.39. The summed E-state index contributed by atoms with van der Waals surface area (Å²) < 4.78 is 16.1. The number of nitrogens with one attached hydrogen (secondary N) is 1. The van der Waals surface area contributed by atoms with Gasteiger partial charge in [-0.15, -0.1) is 0 Å². The van der Waals surface area contributed by atoms with Crippen LogP contribution in [0.15, 0.2) is 29.3 Å². The van der Waals surface area contributed by atoms with Gasteiger partial charge in [-0.2, -0.15) is 0 Å². The number of ether oxygens (including phenoxy) is 3. The summed E-state index contributed by atoms with van der Waals surface area (Å²) in [5, 5.41) is 4.22. The van der Waals surface area contributed by atoms with Gasteiger partial charge in [0.2, 0.25) is 5.75 Å². The average Bonchev–Trinajstić information content (AvgIpc) is 2.64. The molecule has 0 heterocycles. The lowest BCUT2D eigenvalue weighted by Crippen LogP contribution is -2.07. The molecule has 0 unspecified atom stereocenters. The van der Waals surface area contributed by atoms with Crippen LogP contribution in [0, 0.1) is 0 Å². The first-order valence-electron chi connectivity index (χ1n) is 8.12. The minimum Gasteiger partial charge on any atom is -0.493 e. The number of benzene rings is 2. The molecule has 0 aliphatic carbocycles. The van der Waals surface area contributed by atoms with E-state index in [-0.39, 0.29) is 0 Å². The Hall–Kier alpha value is -2.31. The molecule has 0 aliphatic heterocycles. The molecular formula is C19H23Cl2N3O3. The Balaban J connectivity index is 2.22. The van der Waals surface area contributed by atoms with Gasteiger partial charge in [0.05, 0.1) is 37.7 Å². The van der Waals surface area contributed by atoms with Crippen molar-refractivity contribution in [2.75, 3.05) is 40.7 Å². The second kappa shape index (κ2) is 9.58. The van der Waals surface area contributed by atoms with E-state index in [9.17, 15) is 0 Å². The van der Waals surface area contributed by atoms with Gasteiger partial charge >= 0.3 is 0 Å². The summed E-state index contributed by atoms with van der Waals surface area (Å²) in [7, 11) is 8.49. The summed E-state index contributed by atoms with van der Waals surface area (Å²) in [6.45, 7) is 0.518. The van der Waals surface area contributed by atoms with Crippen molar-refractivity contribution >= 4 is 40.9 Å². The molecule has 0 atom stereocenters. The van der Waals surface area contributed by atoms with Crippen LogP contribution in [-0.4, -0.2) is 46.7 Å². The van der Waals surface area contributed by atoms with E-state index in [2.05, 4.69) is 10.3 Å². The van der Waals surface area contributed by atoms with Gasteiger partial charge in [-0.1, -0.05) is 23.2 Å². The fraction of sp³-hybridized carbons (Fsp3) is 0.316. The molecule has 0 radical (unpaired) electrons. The molecule has 0 spiro atoms. The highest BCUT2D eigenvalue weighted by molar-refractivity contribution is 6.39. The summed E-state index contributed by atoms with van der Waals surface area (Å²) in [5.74, 6) is 1.74. The summed E-state index contributed by atoms with van der Waals surface area (Å²) in [6.07, 6.45) is 1.65. The van der Waals surface area contributed by atoms with Crippen LogP contribution in [0.3, 0.4) is 0 Å². The van der Waals surface area contributed by atoms with Gasteiger partial charge in [-0.3, -0.25) is 0 Å². The lowest BCUT2D eigenvalue weighted by molar-refractivity contribution is 0.324. The van der Waals surface area contributed by atoms with Gasteiger partial charge in [0.1, 0.15) is 5.69 Å². The van der Waals surface area contributed by atoms with Crippen molar-refractivity contribution in [3.63, 3.8) is 0 Å². The Kier molecular flexibility index (Phi) is 7.45. The molecule has 6 nitrogen and oxygen atoms in total. The minimum absolute atomic E-state index is 0.466. The molecule has 2 aromatic carbocycles. The van der Waals surface area contributed by atoms with E-state index >= 15 is 0 Å². The zero-order valence-corrected chi connectivity index (χ0v) is 17.5. The molecule has 0 bridgehead atoms. The molecular weight excluding hydrogens is 389 g/mol. The Bertz CT molecular complexity index is 778. The lowest BCUT2D eigenvalue weighted by Gasteiger charge is -2.15. The van der Waals surface area contributed by atoms with Crippen LogP contribution >= 0.6 is 23.2 Å². The summed E-state index contributed by atoms with van der Waals surface area (Å²) in [5.41, 5.74) is 2.26. The highest BCUT2D eigenvalue weighted by Gasteiger charge is 2.13. The topological polar surface area (TPSA) is 55.3 Å². The van der Waals surface area contributed by atoms with Gasteiger partial charge < -0.3 is 24.4 Å². The Morgan fingerprint density at radius 3 is 1.96 bits per heavy atom. The van der Waals surface area contributed by atoms with Crippen molar-refractivity contribution in [2.45, 2.75) is 6.54 Å². The number of hydrogen-bond acceptors (Lipinski definition) is 5. The fourth-order valence-corrected chi connectivity index (χ4v) is 2.99. The van der Waals surface area contributed by atoms with Crippen molar-refractivity contribution < 1.29 is 14.2 Å². The Morgan fingerprint density at radius 1 is 0.963 bits per heavy atom. The average molecular weight is 412 g/mol. The van der Waals surface area contributed by atoms with Crippen LogP contribution in [0.2, 0.25) is 10.0 Å². The van der Waals surface area contributed by atoms with Crippen LogP contribution in [0.25, 0.3) is 0 Å². The van der Waals surface area contributed by atoms with Crippen LogP contribution in [0.1, 0.15) is 5.56 Å². The Morgan fingerprint density at radius 2 is 1.52 bits per heavy atom. The third-order valence-corrected chi connectivity index (χ3v) is 4.23. The first kappa shape index (κ1) is 21.0. The zero-order valence-electron chi connectivity index (χ0n) is 16.0. The van der Waals surface area contributed by atoms with Crippen LogP contribution in [-0.2, 0) is 6.54 Å². The molecule has 2 aromatic rings. The van der Waals surface area contributed by atoms with Gasteiger partial charge in [-0.25, -0.2) is 4.99 Å². The van der Waals surface area contributed by atoms with Crippen molar-refractivity contribution in [3.8, 4) is 17.2 Å². The Labute approximate surface area is 169 Å². The van der Waals surface area contributed by atoms with E-state index in [0.29, 0.717) is 39.5 Å². The van der Waals surface area contributed by atoms with Gasteiger partial charge in [0.15, 0.2) is 11.5 Å². The summed E-state index contributed by atoms with van der Waals surface area (Å²) in [6, 6.07) is 7.34. The lowest BCUT2D eigenvalue weighted by atomic mass is 10.1. The summed E-state index contributed by atoms with van der Waals surface area (Å²) >= 11 is 12.6. The van der Waals surface area contributed by atoms with Gasteiger partial charge in [0.25, 0.3) is 0 Å². The molecule has 8 heteroatoms. The van der Waals surface area contributed by atoms with Crippen molar-refractivity contribution in [1.82, 2.24) is 4.90 Å². The van der Waals surface area contributed by atoms with Crippen LogP contribution < -0.4 is 19.5 Å². The normalized spacial score (nSPS) is 10.8. The third kappa shape index (κ3) is 5.34. The molecule has 2 rings (SSSR count). The number of methoxy groups -OCH3 is 3. The number of anilines is 1. The monoisotopic (exact) mass is 411 g/mol. The first-order chi connectivity index (χ1) is 12.9. The molecule has 0 amide bonds. The van der Waals surface area contributed by atoms with E-state index in [1.54, 1.807) is 39.8 Å². The first-order valence-corrected chi connectivity index (χ1v) is 8.87. The van der Waals surface area contributed by atoms with Gasteiger partial charge in [-0.05, 0) is 29.8 Å². The molecule has 0 aliphatic rings. The predicted molar refractivity (Wildman–Crippen MR) is 112 cm³/mol. The second-order valence-corrected chi connectivity index (χ2v) is 6.70. The number of nitrogens with zero attached hydrogens (tertiary/aromatic N) is 2. The minimum atomic E-state index is 0.466. The number of hydrogen-bond donors (Lipinski definition) is 1. The molecule has 0 aromatic heterocycles. The van der Waals surface area contributed by atoms with E-state index < -0.39 is 0 Å². The predicted octanol–water partition coefficient (Wildman–Crippen LogP) is 4.85. The maximum absolute atomic E-state index is 6.32. The SMILES string of the molecule is COc1cc(CNc2cc(Cl)c(/N=C\N(C)C)c(Cl)c2)cc(OC)c1OC. The molecule has 0 saturated heterocycles. The van der Waals surface area contributed by atoms with E-state index in [0.717, 1.165) is 11.3 Å². The molecule has 146 valence electrons. The smallest absolute Gasteiger partial charge is 0.203 e. The zero-order chi connectivity index (χ0) is 20.0. The van der Waals surface area contributed by atoms with E-state index in [1.165, 1.54) is 0 Å². The van der Waals surface area contributed by atoms with Crippen molar-refractivity contribution in [3.05, 3.63) is 39.9 Å². The van der Waals surface area contributed by atoms with Gasteiger partial charge in [0, 0.05) is 26.3 Å². The number of aliphatic imine (C=N–C) groups is 1. The van der Waals surface area contributed by atoms with E-state index in [1.807, 2.05) is 31.1 Å². The van der Waals surface area contributed by atoms with Crippen LogP contribution in [0.4, 0.5) is 11.4 Å². The molecule has 1 N–H and O–H groups in total. The molecule has 27 heavy (non-hydrogen) atoms. The fourth-order valence-electron chi connectivity index (χ4n) is 2.41. The van der Waals surface area contributed by atoms with Crippen molar-refractivity contribution in [2.24, 2.45) is 4.99 Å². The molecule has 0 saturated carbocycles. The van der Waals surface area contributed by atoms with E-state index in [4.69, 9.17) is 37.4 Å². The number of rotatable bonds is 8. The third-order valence-electron chi connectivity index (χ3n) is 3.66. The largest absolute Gasteiger partial charge is 0.493 e. The quantitative estimate of drug-likeness (QED) is 0.496. The highest BCUT2D eigenvalue weighted by atomic mass is 35.5. The maximum atomic E-state index is 6.32.